The van der Waals surface area contributed by atoms with E-state index in [-0.39, 0.29) is 17.5 Å². The number of fused-ring (bicyclic) bond motifs is 2. The van der Waals surface area contributed by atoms with Crippen LogP contribution in [-0.4, -0.2) is 51.9 Å². The first-order chi connectivity index (χ1) is 18.4. The summed E-state index contributed by atoms with van der Waals surface area (Å²) in [7, 11) is 0. The van der Waals surface area contributed by atoms with Crippen LogP contribution < -0.4 is 4.90 Å². The number of nitrogens with zero attached hydrogens (tertiary/aromatic N) is 5. The van der Waals surface area contributed by atoms with Gasteiger partial charge in [0.05, 0.1) is 17.6 Å². The highest BCUT2D eigenvalue weighted by Gasteiger charge is 2.34. The summed E-state index contributed by atoms with van der Waals surface area (Å²) >= 11 is 6.37. The van der Waals surface area contributed by atoms with Gasteiger partial charge in [0.2, 0.25) is 5.91 Å². The molecule has 3 aliphatic rings. The van der Waals surface area contributed by atoms with Crippen LogP contribution in [-0.2, 0) is 28.9 Å². The molecule has 0 aliphatic carbocycles. The molecule has 0 N–H and O–H groups in total. The van der Waals surface area contributed by atoms with Crippen LogP contribution in [0.15, 0.2) is 30.6 Å². The minimum atomic E-state index is -2.68. The van der Waals surface area contributed by atoms with E-state index in [1.165, 1.54) is 6.20 Å². The van der Waals surface area contributed by atoms with E-state index < -0.39 is 6.43 Å². The number of aryl methyl sites for hydroxylation is 1. The topological polar surface area (TPSA) is 63.5 Å². The fraction of sp³-hybridized carbons (Fsp3) is 0.464. The van der Waals surface area contributed by atoms with Crippen LogP contribution in [0, 0.1) is 0 Å². The minimum absolute atomic E-state index is 0.0262. The number of amides is 1. The summed E-state index contributed by atoms with van der Waals surface area (Å²) in [6, 6.07) is 5.37. The Labute approximate surface area is 225 Å². The lowest BCUT2D eigenvalue weighted by Crippen LogP contribution is -2.36. The second kappa shape index (κ2) is 10.3. The molecule has 0 spiro atoms. The Kier molecular flexibility index (Phi) is 6.82. The zero-order valence-electron chi connectivity index (χ0n) is 21.3. The third-order valence-electron chi connectivity index (χ3n) is 7.97. The van der Waals surface area contributed by atoms with E-state index in [4.69, 9.17) is 21.4 Å². The lowest BCUT2D eigenvalue weighted by Gasteiger charge is -2.33. The summed E-state index contributed by atoms with van der Waals surface area (Å²) in [5.41, 5.74) is 4.82. The number of carbonyl (C=O) groups is 1. The molecule has 0 atom stereocenters. The molecule has 6 rings (SSSR count). The molecule has 0 saturated carbocycles. The predicted octanol–water partition coefficient (Wildman–Crippen LogP) is 5.88. The zero-order chi connectivity index (χ0) is 26.4. The lowest BCUT2D eigenvalue weighted by molar-refractivity contribution is -0.129. The highest BCUT2D eigenvalue weighted by Crippen LogP contribution is 2.44. The number of anilines is 2. The maximum absolute atomic E-state index is 14.5. The van der Waals surface area contributed by atoms with Gasteiger partial charge in [-0.25, -0.2) is 8.78 Å². The van der Waals surface area contributed by atoms with E-state index >= 15 is 0 Å². The molecule has 38 heavy (non-hydrogen) atoms. The monoisotopic (exact) mass is 541 g/mol. The Hall–Kier alpha value is -3.04. The Balaban J connectivity index is 1.48. The van der Waals surface area contributed by atoms with Gasteiger partial charge in [-0.15, -0.1) is 0 Å². The molecule has 0 bridgehead atoms. The van der Waals surface area contributed by atoms with Crippen LogP contribution in [0.3, 0.4) is 0 Å². The van der Waals surface area contributed by atoms with Crippen LogP contribution >= 0.6 is 11.6 Å². The number of benzene rings is 1. The number of carbonyl (C=O) groups excluding carboxylic acids is 1. The van der Waals surface area contributed by atoms with Crippen molar-refractivity contribution in [2.45, 2.75) is 58.0 Å². The van der Waals surface area contributed by atoms with Gasteiger partial charge in [0.25, 0.3) is 6.43 Å². The fourth-order valence-electron chi connectivity index (χ4n) is 6.02. The molecular weight excluding hydrogens is 512 g/mol. The van der Waals surface area contributed by atoms with Gasteiger partial charge in [-0.3, -0.25) is 14.5 Å². The van der Waals surface area contributed by atoms with Crippen molar-refractivity contribution in [2.24, 2.45) is 0 Å². The molecule has 1 aromatic carbocycles. The van der Waals surface area contributed by atoms with Crippen LogP contribution in [0.2, 0.25) is 5.02 Å². The molecule has 10 heteroatoms. The van der Waals surface area contributed by atoms with E-state index in [2.05, 4.69) is 14.6 Å². The Bertz CT molecular complexity index is 1370. The lowest BCUT2D eigenvalue weighted by atomic mass is 9.92. The van der Waals surface area contributed by atoms with Gasteiger partial charge in [0.1, 0.15) is 0 Å². The van der Waals surface area contributed by atoms with E-state index in [0.29, 0.717) is 49.0 Å². The zero-order valence-corrected chi connectivity index (χ0v) is 22.1. The first-order valence-corrected chi connectivity index (χ1v) is 13.6. The maximum atomic E-state index is 14.5. The van der Waals surface area contributed by atoms with E-state index in [9.17, 15) is 13.6 Å². The summed E-state index contributed by atoms with van der Waals surface area (Å²) in [5, 5.41) is 5.48. The maximum Gasteiger partial charge on any atom is 0.264 e. The first-order valence-electron chi connectivity index (χ1n) is 13.2. The van der Waals surface area contributed by atoms with Crippen molar-refractivity contribution < 1.29 is 18.3 Å². The Morgan fingerprint density at radius 3 is 2.71 bits per heavy atom. The van der Waals surface area contributed by atoms with Crippen molar-refractivity contribution in [3.8, 4) is 11.1 Å². The van der Waals surface area contributed by atoms with Crippen molar-refractivity contribution in [3.05, 3.63) is 58.0 Å². The average molecular weight is 542 g/mol. The number of hydrogen-bond donors (Lipinski definition) is 0. The standard InChI is InChI=1S/C28H30ClF2N5O2/c1-17(37)34-10-5-25-23(16-34)28(33-36(25)19-6-11-38-12-7-19)35-9-2-3-18-13-21(20-4-8-32-15-24(20)29)22(27(30)31)14-26(18)35/h4,8,13-15,19,27H,2-3,5-7,9-12,16H2,1H3. The van der Waals surface area contributed by atoms with E-state index in [0.717, 1.165) is 60.4 Å². The van der Waals surface area contributed by atoms with Gasteiger partial charge in [-0.2, -0.15) is 5.10 Å². The molecule has 3 aliphatic heterocycles. The Morgan fingerprint density at radius 1 is 1.16 bits per heavy atom. The van der Waals surface area contributed by atoms with Crippen LogP contribution in [0.4, 0.5) is 20.3 Å². The minimum Gasteiger partial charge on any atom is -0.381 e. The van der Waals surface area contributed by atoms with Crippen LogP contribution in [0.25, 0.3) is 11.1 Å². The van der Waals surface area contributed by atoms with Crippen molar-refractivity contribution in [1.29, 1.82) is 0 Å². The van der Waals surface area contributed by atoms with Crippen molar-refractivity contribution >= 4 is 29.0 Å². The van der Waals surface area contributed by atoms with Crippen molar-refractivity contribution in [1.82, 2.24) is 19.7 Å². The molecule has 2 aromatic heterocycles. The highest BCUT2D eigenvalue weighted by atomic mass is 35.5. The quantitative estimate of drug-likeness (QED) is 0.413. The van der Waals surface area contributed by atoms with Gasteiger partial charge < -0.3 is 14.5 Å². The number of ether oxygens (including phenoxy) is 1. The summed E-state index contributed by atoms with van der Waals surface area (Å²) in [6.45, 7) is 4.77. The molecule has 0 radical (unpaired) electrons. The first kappa shape index (κ1) is 25.2. The van der Waals surface area contributed by atoms with Gasteiger partial charge in [-0.1, -0.05) is 11.6 Å². The molecule has 3 aromatic rings. The third kappa shape index (κ3) is 4.45. The smallest absolute Gasteiger partial charge is 0.264 e. The van der Waals surface area contributed by atoms with Crippen molar-refractivity contribution in [3.63, 3.8) is 0 Å². The number of rotatable bonds is 4. The van der Waals surface area contributed by atoms with Crippen LogP contribution in [0.1, 0.15) is 61.0 Å². The number of aromatic nitrogens is 3. The largest absolute Gasteiger partial charge is 0.381 e. The second-order valence-electron chi connectivity index (χ2n) is 10.2. The summed E-state index contributed by atoms with van der Waals surface area (Å²) in [5.74, 6) is 0.798. The van der Waals surface area contributed by atoms with Gasteiger partial charge in [-0.05, 0) is 55.0 Å². The van der Waals surface area contributed by atoms with Crippen molar-refractivity contribution in [2.75, 3.05) is 31.2 Å². The summed E-state index contributed by atoms with van der Waals surface area (Å²) < 4.78 is 36.6. The molecule has 0 unspecified atom stereocenters. The van der Waals surface area contributed by atoms with E-state index in [1.54, 1.807) is 25.3 Å². The van der Waals surface area contributed by atoms with Gasteiger partial charge in [0.15, 0.2) is 5.82 Å². The van der Waals surface area contributed by atoms with Gasteiger partial charge in [0, 0.05) is 80.1 Å². The highest BCUT2D eigenvalue weighted by molar-refractivity contribution is 6.33. The van der Waals surface area contributed by atoms with Crippen LogP contribution in [0.5, 0.6) is 0 Å². The fourth-order valence-corrected chi connectivity index (χ4v) is 6.24. The third-order valence-corrected chi connectivity index (χ3v) is 8.27. The second-order valence-corrected chi connectivity index (χ2v) is 10.6. The molecule has 5 heterocycles. The molecule has 1 saturated heterocycles. The number of halogens is 3. The molecule has 1 fully saturated rings. The van der Waals surface area contributed by atoms with Gasteiger partial charge >= 0.3 is 0 Å². The number of pyridine rings is 1. The summed E-state index contributed by atoms with van der Waals surface area (Å²) in [4.78, 5) is 20.2. The number of hydrogen-bond acceptors (Lipinski definition) is 5. The molecule has 200 valence electrons. The number of alkyl halides is 2. The molecule has 7 nitrogen and oxygen atoms in total. The molecular formula is C28H30ClF2N5O2. The Morgan fingerprint density at radius 2 is 1.97 bits per heavy atom. The SMILES string of the molecule is CC(=O)N1CCc2c(c(N3CCCc4cc(-c5ccncc5Cl)c(C(F)F)cc43)nn2C2CCOCC2)C1. The molecule has 1 amide bonds. The predicted molar refractivity (Wildman–Crippen MR) is 141 cm³/mol. The normalized spacial score (nSPS) is 18.0. The van der Waals surface area contributed by atoms with E-state index in [1.807, 2.05) is 11.0 Å². The average Bonchev–Trinajstić information content (AvgIpc) is 3.31. The summed E-state index contributed by atoms with van der Waals surface area (Å²) in [6.07, 6.45) is 4.49.